The first-order chi connectivity index (χ1) is 10.9. The molecule has 0 spiro atoms. The SMILES string of the molecule is CCn1c(N2CCC[C@H](N)C2)nc2c([N+](=O)[O-])c(Cl)c(Cl)cc21.Cl. The summed E-state index contributed by atoms with van der Waals surface area (Å²) in [4.78, 5) is 17.5. The summed E-state index contributed by atoms with van der Waals surface area (Å²) < 4.78 is 1.92. The van der Waals surface area contributed by atoms with Crippen LogP contribution in [0.15, 0.2) is 6.07 Å². The molecule has 1 aliphatic heterocycles. The fourth-order valence-electron chi connectivity index (χ4n) is 3.09. The number of aromatic nitrogens is 2. The van der Waals surface area contributed by atoms with Crippen LogP contribution in [0.1, 0.15) is 19.8 Å². The summed E-state index contributed by atoms with van der Waals surface area (Å²) in [6.45, 7) is 4.08. The highest BCUT2D eigenvalue weighted by molar-refractivity contribution is 6.44. The zero-order valence-corrected chi connectivity index (χ0v) is 15.4. The number of nitro groups is 1. The molecule has 1 aliphatic rings. The summed E-state index contributed by atoms with van der Waals surface area (Å²) >= 11 is 12.1. The van der Waals surface area contributed by atoms with Crippen LogP contribution in [0.2, 0.25) is 10.0 Å². The van der Waals surface area contributed by atoms with E-state index in [1.807, 2.05) is 11.5 Å². The molecule has 1 saturated heterocycles. The van der Waals surface area contributed by atoms with Gasteiger partial charge in [-0.15, -0.1) is 12.4 Å². The van der Waals surface area contributed by atoms with E-state index in [1.165, 1.54) is 0 Å². The maximum atomic E-state index is 11.4. The third-order valence-corrected chi connectivity index (χ3v) is 4.91. The Morgan fingerprint density at radius 2 is 2.21 bits per heavy atom. The Kier molecular flexibility index (Phi) is 5.80. The minimum Gasteiger partial charge on any atom is -0.341 e. The van der Waals surface area contributed by atoms with E-state index in [0.717, 1.165) is 19.4 Å². The Hall–Kier alpha value is -1.28. The maximum Gasteiger partial charge on any atom is 0.317 e. The summed E-state index contributed by atoms with van der Waals surface area (Å²) in [6, 6.07) is 1.71. The average molecular weight is 395 g/mol. The van der Waals surface area contributed by atoms with Gasteiger partial charge in [-0.25, -0.2) is 4.98 Å². The largest absolute Gasteiger partial charge is 0.341 e. The molecule has 2 aromatic rings. The lowest BCUT2D eigenvalue weighted by Gasteiger charge is -2.31. The topological polar surface area (TPSA) is 90.2 Å². The number of rotatable bonds is 3. The van der Waals surface area contributed by atoms with Gasteiger partial charge < -0.3 is 15.2 Å². The van der Waals surface area contributed by atoms with Crippen molar-refractivity contribution in [2.75, 3.05) is 18.0 Å². The molecule has 0 radical (unpaired) electrons. The molecule has 7 nitrogen and oxygen atoms in total. The third kappa shape index (κ3) is 3.13. The third-order valence-electron chi connectivity index (χ3n) is 4.13. The van der Waals surface area contributed by atoms with Gasteiger partial charge in [-0.2, -0.15) is 0 Å². The first kappa shape index (κ1) is 19.1. The molecule has 0 aliphatic carbocycles. The van der Waals surface area contributed by atoms with E-state index < -0.39 is 4.92 Å². The highest BCUT2D eigenvalue weighted by Crippen LogP contribution is 2.40. The number of aryl methyl sites for hydroxylation is 1. The van der Waals surface area contributed by atoms with Gasteiger partial charge in [0, 0.05) is 25.7 Å². The lowest BCUT2D eigenvalue weighted by Crippen LogP contribution is -2.43. The Bertz CT molecular complexity index is 780. The number of hydrogen-bond donors (Lipinski definition) is 1. The van der Waals surface area contributed by atoms with Gasteiger partial charge in [0.05, 0.1) is 15.5 Å². The summed E-state index contributed by atoms with van der Waals surface area (Å²) in [6.07, 6.45) is 1.94. The van der Waals surface area contributed by atoms with Gasteiger partial charge in [0.25, 0.3) is 0 Å². The second kappa shape index (κ2) is 7.31. The normalized spacial score (nSPS) is 17.8. The number of piperidine rings is 1. The van der Waals surface area contributed by atoms with E-state index in [-0.39, 0.29) is 39.7 Å². The first-order valence-electron chi connectivity index (χ1n) is 7.47. The number of nitrogens with zero attached hydrogens (tertiary/aromatic N) is 4. The standard InChI is InChI=1S/C14H17Cl2N5O2.ClH/c1-2-20-10-6-9(15)11(16)13(21(22)23)12(10)18-14(20)19-5-3-4-8(17)7-19;/h6,8H,2-5,7,17H2,1H3;1H/t8-;/m0./s1. The summed E-state index contributed by atoms with van der Waals surface area (Å²) in [5.41, 5.74) is 6.68. The number of nitro benzene ring substituents is 1. The molecule has 0 bridgehead atoms. The lowest BCUT2D eigenvalue weighted by atomic mass is 10.1. The molecule has 1 atom stereocenters. The smallest absolute Gasteiger partial charge is 0.317 e. The number of anilines is 1. The van der Waals surface area contributed by atoms with Crippen molar-refractivity contribution in [2.24, 2.45) is 5.73 Å². The molecule has 132 valence electrons. The molecule has 1 aromatic heterocycles. The van der Waals surface area contributed by atoms with Crippen LogP contribution in [0.5, 0.6) is 0 Å². The second-order valence-electron chi connectivity index (χ2n) is 5.65. The number of hydrogen-bond acceptors (Lipinski definition) is 5. The Morgan fingerprint density at radius 1 is 1.50 bits per heavy atom. The van der Waals surface area contributed by atoms with E-state index in [1.54, 1.807) is 6.07 Å². The van der Waals surface area contributed by atoms with Crippen molar-refractivity contribution in [1.29, 1.82) is 0 Å². The first-order valence-corrected chi connectivity index (χ1v) is 8.22. The van der Waals surface area contributed by atoms with Crippen molar-refractivity contribution in [3.63, 3.8) is 0 Å². The Labute approximate surface area is 155 Å². The highest BCUT2D eigenvalue weighted by Gasteiger charge is 2.28. The van der Waals surface area contributed by atoms with Crippen molar-refractivity contribution in [2.45, 2.75) is 32.4 Å². The molecule has 2 heterocycles. The number of nitrogens with two attached hydrogens (primary N) is 1. The van der Waals surface area contributed by atoms with Crippen molar-refractivity contribution >= 4 is 58.3 Å². The molecule has 0 amide bonds. The van der Waals surface area contributed by atoms with E-state index in [0.29, 0.717) is 24.6 Å². The summed E-state index contributed by atoms with van der Waals surface area (Å²) in [5, 5.41) is 11.5. The number of fused-ring (bicyclic) bond motifs is 1. The Balaban J connectivity index is 0.00000208. The minimum absolute atomic E-state index is 0. The molecule has 2 N–H and O–H groups in total. The fourth-order valence-corrected chi connectivity index (χ4v) is 3.49. The monoisotopic (exact) mass is 393 g/mol. The lowest BCUT2D eigenvalue weighted by molar-refractivity contribution is -0.383. The van der Waals surface area contributed by atoms with Crippen LogP contribution in [-0.4, -0.2) is 33.6 Å². The van der Waals surface area contributed by atoms with E-state index in [4.69, 9.17) is 28.9 Å². The second-order valence-corrected chi connectivity index (χ2v) is 6.44. The molecule has 0 unspecified atom stereocenters. The molecular weight excluding hydrogens is 377 g/mol. The molecule has 3 rings (SSSR count). The van der Waals surface area contributed by atoms with Crippen molar-refractivity contribution in [1.82, 2.24) is 9.55 Å². The van der Waals surface area contributed by atoms with Gasteiger partial charge in [0.15, 0.2) is 5.52 Å². The van der Waals surface area contributed by atoms with Crippen molar-refractivity contribution in [3.05, 3.63) is 26.2 Å². The van der Waals surface area contributed by atoms with Gasteiger partial charge in [-0.3, -0.25) is 10.1 Å². The Morgan fingerprint density at radius 3 is 2.79 bits per heavy atom. The predicted molar refractivity (Wildman–Crippen MR) is 98.8 cm³/mol. The molecule has 0 saturated carbocycles. The summed E-state index contributed by atoms with van der Waals surface area (Å²) in [7, 11) is 0. The van der Waals surface area contributed by atoms with Crippen LogP contribution in [0, 0.1) is 10.1 Å². The van der Waals surface area contributed by atoms with Gasteiger partial charge in [-0.1, -0.05) is 23.2 Å². The van der Waals surface area contributed by atoms with Crippen molar-refractivity contribution < 1.29 is 4.92 Å². The maximum absolute atomic E-state index is 11.4. The predicted octanol–water partition coefficient (Wildman–Crippen LogP) is 3.62. The average Bonchev–Trinajstić information content (AvgIpc) is 2.85. The van der Waals surface area contributed by atoms with Crippen LogP contribution in [0.25, 0.3) is 11.0 Å². The molecule has 24 heavy (non-hydrogen) atoms. The van der Waals surface area contributed by atoms with E-state index in [9.17, 15) is 10.1 Å². The quantitative estimate of drug-likeness (QED) is 0.634. The van der Waals surface area contributed by atoms with Crippen LogP contribution in [0.4, 0.5) is 11.6 Å². The van der Waals surface area contributed by atoms with Crippen molar-refractivity contribution in [3.8, 4) is 0 Å². The van der Waals surface area contributed by atoms with Gasteiger partial charge in [0.2, 0.25) is 5.95 Å². The zero-order valence-electron chi connectivity index (χ0n) is 13.0. The van der Waals surface area contributed by atoms with E-state index in [2.05, 4.69) is 9.88 Å². The van der Waals surface area contributed by atoms with Crippen LogP contribution in [-0.2, 0) is 6.54 Å². The summed E-state index contributed by atoms with van der Waals surface area (Å²) in [5.74, 6) is 0.680. The van der Waals surface area contributed by atoms with Gasteiger partial charge in [0.1, 0.15) is 5.02 Å². The highest BCUT2D eigenvalue weighted by atomic mass is 35.5. The fraction of sp³-hybridized carbons (Fsp3) is 0.500. The molecule has 1 aromatic carbocycles. The number of halogens is 3. The number of imidazole rings is 1. The molecular formula is C14H18Cl3N5O2. The van der Waals surface area contributed by atoms with Crippen LogP contribution in [0.3, 0.4) is 0 Å². The van der Waals surface area contributed by atoms with E-state index >= 15 is 0 Å². The van der Waals surface area contributed by atoms with Gasteiger partial charge >= 0.3 is 5.69 Å². The minimum atomic E-state index is -0.532. The van der Waals surface area contributed by atoms with Crippen LogP contribution < -0.4 is 10.6 Å². The zero-order chi connectivity index (χ0) is 16.7. The number of benzene rings is 1. The molecule has 10 heteroatoms. The molecule has 1 fully saturated rings. The van der Waals surface area contributed by atoms with Gasteiger partial charge in [-0.05, 0) is 25.8 Å². The van der Waals surface area contributed by atoms with Crippen LogP contribution >= 0.6 is 35.6 Å².